The molecule has 0 spiro atoms. The summed E-state index contributed by atoms with van der Waals surface area (Å²) in [5, 5.41) is 9.06. The van der Waals surface area contributed by atoms with Crippen LogP contribution in [0.1, 0.15) is 16.1 Å². The summed E-state index contributed by atoms with van der Waals surface area (Å²) in [5.74, 6) is -0.363. The molecule has 0 unspecified atom stereocenters. The summed E-state index contributed by atoms with van der Waals surface area (Å²) in [6.45, 7) is 6.69. The largest absolute Gasteiger partial charge is 0.478 e. The Labute approximate surface area is 119 Å². The second kappa shape index (κ2) is 6.88. The molecule has 6 nitrogen and oxygen atoms in total. The van der Waals surface area contributed by atoms with E-state index in [4.69, 9.17) is 9.52 Å². The smallest absolute Gasteiger partial charge is 0.339 e. The van der Waals surface area contributed by atoms with Gasteiger partial charge in [-0.15, -0.1) is 0 Å². The molecule has 2 heterocycles. The summed E-state index contributed by atoms with van der Waals surface area (Å²) in [7, 11) is 4.17. The van der Waals surface area contributed by atoms with Crippen LogP contribution in [0.15, 0.2) is 16.7 Å². The number of hydrogen-bond donors (Lipinski definition) is 1. The minimum atomic E-state index is -0.918. The van der Waals surface area contributed by atoms with Gasteiger partial charge >= 0.3 is 5.97 Å². The van der Waals surface area contributed by atoms with Crippen LogP contribution in [0, 0.1) is 0 Å². The molecular formula is C14H23N3O3. The molecule has 20 heavy (non-hydrogen) atoms. The lowest BCUT2D eigenvalue weighted by molar-refractivity contribution is 0.0689. The Morgan fingerprint density at radius 2 is 1.95 bits per heavy atom. The second-order valence-corrected chi connectivity index (χ2v) is 5.48. The van der Waals surface area contributed by atoms with E-state index in [-0.39, 0.29) is 5.56 Å². The molecule has 2 rings (SSSR count). The van der Waals surface area contributed by atoms with Crippen molar-refractivity contribution in [2.75, 3.05) is 53.4 Å². The van der Waals surface area contributed by atoms with E-state index in [1.807, 2.05) is 0 Å². The Morgan fingerprint density at radius 3 is 2.55 bits per heavy atom. The summed E-state index contributed by atoms with van der Waals surface area (Å²) in [4.78, 5) is 17.9. The molecular weight excluding hydrogens is 258 g/mol. The molecule has 1 N–H and O–H groups in total. The quantitative estimate of drug-likeness (QED) is 0.826. The normalized spacial score (nSPS) is 17.8. The monoisotopic (exact) mass is 281 g/mol. The first kappa shape index (κ1) is 15.0. The molecule has 1 aliphatic heterocycles. The van der Waals surface area contributed by atoms with Crippen molar-refractivity contribution in [3.8, 4) is 0 Å². The van der Waals surface area contributed by atoms with Crippen molar-refractivity contribution in [1.29, 1.82) is 0 Å². The molecule has 0 aromatic carbocycles. The lowest BCUT2D eigenvalue weighted by atomic mass is 10.2. The summed E-state index contributed by atoms with van der Waals surface area (Å²) < 4.78 is 5.29. The van der Waals surface area contributed by atoms with E-state index in [1.165, 1.54) is 12.3 Å². The zero-order valence-corrected chi connectivity index (χ0v) is 12.2. The van der Waals surface area contributed by atoms with E-state index in [1.54, 1.807) is 0 Å². The number of nitrogens with zero attached hydrogens (tertiary/aromatic N) is 3. The molecule has 0 saturated carbocycles. The number of rotatable bonds is 6. The van der Waals surface area contributed by atoms with Gasteiger partial charge in [0.1, 0.15) is 11.3 Å². The van der Waals surface area contributed by atoms with Gasteiger partial charge in [-0.2, -0.15) is 0 Å². The first-order valence-electron chi connectivity index (χ1n) is 6.95. The van der Waals surface area contributed by atoms with Gasteiger partial charge in [-0.1, -0.05) is 0 Å². The molecule has 6 heteroatoms. The third kappa shape index (κ3) is 4.06. The van der Waals surface area contributed by atoms with Gasteiger partial charge in [0, 0.05) is 39.3 Å². The third-order valence-corrected chi connectivity index (χ3v) is 3.67. The summed E-state index contributed by atoms with van der Waals surface area (Å²) in [6, 6.07) is 1.52. The molecule has 0 radical (unpaired) electrons. The minimum absolute atomic E-state index is 0.278. The van der Waals surface area contributed by atoms with Gasteiger partial charge in [-0.25, -0.2) is 4.79 Å². The fourth-order valence-electron chi connectivity index (χ4n) is 2.37. The van der Waals surface area contributed by atoms with Gasteiger partial charge in [-0.05, 0) is 20.2 Å². The zero-order chi connectivity index (χ0) is 14.5. The molecule has 112 valence electrons. The zero-order valence-electron chi connectivity index (χ0n) is 12.2. The molecule has 1 aromatic rings. The molecule has 1 saturated heterocycles. The maximum atomic E-state index is 11.0. The van der Waals surface area contributed by atoms with Crippen LogP contribution in [0.2, 0.25) is 0 Å². The van der Waals surface area contributed by atoms with E-state index >= 15 is 0 Å². The van der Waals surface area contributed by atoms with Crippen molar-refractivity contribution in [3.63, 3.8) is 0 Å². The van der Waals surface area contributed by atoms with Crippen molar-refractivity contribution < 1.29 is 14.3 Å². The van der Waals surface area contributed by atoms with E-state index in [9.17, 15) is 4.79 Å². The van der Waals surface area contributed by atoms with Crippen LogP contribution in [0.3, 0.4) is 0 Å². The highest BCUT2D eigenvalue weighted by atomic mass is 16.4. The number of likely N-dealkylation sites (N-methyl/N-ethyl adjacent to an activating group) is 1. The molecule has 0 bridgehead atoms. The Bertz CT molecular complexity index is 437. The van der Waals surface area contributed by atoms with E-state index in [2.05, 4.69) is 28.8 Å². The van der Waals surface area contributed by atoms with Gasteiger partial charge in [0.15, 0.2) is 0 Å². The number of carboxylic acid groups (broad SMARTS) is 1. The van der Waals surface area contributed by atoms with Crippen LogP contribution >= 0.6 is 0 Å². The van der Waals surface area contributed by atoms with Crippen molar-refractivity contribution in [2.24, 2.45) is 0 Å². The fourth-order valence-corrected chi connectivity index (χ4v) is 2.37. The van der Waals surface area contributed by atoms with Crippen molar-refractivity contribution in [1.82, 2.24) is 14.7 Å². The molecule has 0 amide bonds. The van der Waals surface area contributed by atoms with Crippen molar-refractivity contribution in [2.45, 2.75) is 6.54 Å². The van der Waals surface area contributed by atoms with Gasteiger partial charge in [0.05, 0.1) is 12.8 Å². The highest BCUT2D eigenvalue weighted by Gasteiger charge is 2.20. The van der Waals surface area contributed by atoms with E-state index in [0.717, 1.165) is 39.3 Å². The van der Waals surface area contributed by atoms with Crippen molar-refractivity contribution >= 4 is 5.97 Å². The van der Waals surface area contributed by atoms with Crippen LogP contribution in [-0.2, 0) is 6.54 Å². The maximum Gasteiger partial charge on any atom is 0.339 e. The lowest BCUT2D eigenvalue weighted by Crippen LogP contribution is -2.47. The number of hydrogen-bond acceptors (Lipinski definition) is 5. The number of carbonyl (C=O) groups is 1. The fraction of sp³-hybridized carbons (Fsp3) is 0.643. The molecule has 0 aliphatic carbocycles. The van der Waals surface area contributed by atoms with Gasteiger partial charge in [0.2, 0.25) is 0 Å². The Morgan fingerprint density at radius 1 is 1.30 bits per heavy atom. The summed E-state index contributed by atoms with van der Waals surface area (Å²) in [6.07, 6.45) is 1.45. The second-order valence-electron chi connectivity index (χ2n) is 5.48. The van der Waals surface area contributed by atoms with Crippen LogP contribution in [-0.4, -0.2) is 79.1 Å². The van der Waals surface area contributed by atoms with E-state index in [0.29, 0.717) is 12.3 Å². The number of furan rings is 1. The van der Waals surface area contributed by atoms with Crippen LogP contribution in [0.5, 0.6) is 0 Å². The number of piperazine rings is 1. The molecule has 1 aliphatic rings. The Kier molecular flexibility index (Phi) is 5.17. The SMILES string of the molecule is CN(C)CCN1CCN(Cc2occc2C(=O)O)CC1. The average molecular weight is 281 g/mol. The predicted molar refractivity (Wildman–Crippen MR) is 75.9 cm³/mol. The Balaban J connectivity index is 1.79. The first-order chi connectivity index (χ1) is 9.56. The van der Waals surface area contributed by atoms with Crippen molar-refractivity contribution in [3.05, 3.63) is 23.7 Å². The van der Waals surface area contributed by atoms with Crippen LogP contribution < -0.4 is 0 Å². The van der Waals surface area contributed by atoms with E-state index < -0.39 is 5.97 Å². The lowest BCUT2D eigenvalue weighted by Gasteiger charge is -2.34. The molecule has 0 atom stereocenters. The summed E-state index contributed by atoms with van der Waals surface area (Å²) >= 11 is 0. The minimum Gasteiger partial charge on any atom is -0.478 e. The standard InChI is InChI=1S/C14H23N3O3/c1-15(2)4-5-16-6-8-17(9-7-16)11-13-12(14(18)19)3-10-20-13/h3,10H,4-9,11H2,1-2H3,(H,18,19). The van der Waals surface area contributed by atoms with Gasteiger partial charge < -0.3 is 14.4 Å². The highest BCUT2D eigenvalue weighted by molar-refractivity contribution is 5.88. The maximum absolute atomic E-state index is 11.0. The highest BCUT2D eigenvalue weighted by Crippen LogP contribution is 2.14. The van der Waals surface area contributed by atoms with Crippen LogP contribution in [0.4, 0.5) is 0 Å². The molecule has 1 fully saturated rings. The molecule has 1 aromatic heterocycles. The predicted octanol–water partition coefficient (Wildman–Crippen LogP) is 0.657. The van der Waals surface area contributed by atoms with Crippen LogP contribution in [0.25, 0.3) is 0 Å². The summed E-state index contributed by atoms with van der Waals surface area (Å²) in [5.41, 5.74) is 0.278. The van der Waals surface area contributed by atoms with Gasteiger partial charge in [-0.3, -0.25) is 9.80 Å². The number of carboxylic acids is 1. The third-order valence-electron chi connectivity index (χ3n) is 3.67. The Hall–Kier alpha value is -1.37. The average Bonchev–Trinajstić information content (AvgIpc) is 2.86. The number of aromatic carboxylic acids is 1. The first-order valence-corrected chi connectivity index (χ1v) is 6.95. The topological polar surface area (TPSA) is 60.2 Å². The van der Waals surface area contributed by atoms with Gasteiger partial charge in [0.25, 0.3) is 0 Å².